The lowest BCUT2D eigenvalue weighted by Crippen LogP contribution is -2.43. The Balaban J connectivity index is 2.03. The van der Waals surface area contributed by atoms with Gasteiger partial charge in [-0.3, -0.25) is 4.79 Å². The van der Waals surface area contributed by atoms with Gasteiger partial charge >= 0.3 is 11.9 Å². The molecule has 0 spiro atoms. The van der Waals surface area contributed by atoms with Gasteiger partial charge in [-0.1, -0.05) is 19.7 Å². The molecule has 3 heterocycles. The molecule has 6 nitrogen and oxygen atoms in total. The summed E-state index contributed by atoms with van der Waals surface area (Å²) in [6.07, 6.45) is 0.366. The highest BCUT2D eigenvalue weighted by molar-refractivity contribution is 6.00. The van der Waals surface area contributed by atoms with Gasteiger partial charge in [0.25, 0.3) is 0 Å². The van der Waals surface area contributed by atoms with E-state index < -0.39 is 35.7 Å². The Kier molecular flexibility index (Phi) is 3.94. The number of esters is 2. The van der Waals surface area contributed by atoms with Crippen LogP contribution in [0.2, 0.25) is 0 Å². The zero-order valence-electron chi connectivity index (χ0n) is 14.3. The van der Waals surface area contributed by atoms with Crippen LogP contribution in [-0.2, 0) is 28.6 Å². The molecule has 6 heteroatoms. The monoisotopic (exact) mass is 344 g/mol. The maximum Gasteiger partial charge on any atom is 0.334 e. The Labute approximate surface area is 145 Å². The predicted molar refractivity (Wildman–Crippen MR) is 88.2 cm³/mol. The number of carbonyl (C=O) groups excluding carboxylic acids is 3. The van der Waals surface area contributed by atoms with E-state index in [4.69, 9.17) is 14.2 Å². The van der Waals surface area contributed by atoms with Crippen LogP contribution in [0.25, 0.3) is 0 Å². The van der Waals surface area contributed by atoms with Crippen LogP contribution in [0.3, 0.4) is 0 Å². The molecule has 3 aliphatic rings. The summed E-state index contributed by atoms with van der Waals surface area (Å²) in [4.78, 5) is 36.5. The first-order valence-electron chi connectivity index (χ1n) is 8.02. The summed E-state index contributed by atoms with van der Waals surface area (Å²) in [5.41, 5.74) is -0.195. The van der Waals surface area contributed by atoms with Gasteiger partial charge in [0.2, 0.25) is 5.78 Å². The van der Waals surface area contributed by atoms with E-state index >= 15 is 0 Å². The Morgan fingerprint density at radius 3 is 2.68 bits per heavy atom. The molecule has 2 saturated heterocycles. The van der Waals surface area contributed by atoms with Gasteiger partial charge in [-0.2, -0.15) is 0 Å². The summed E-state index contributed by atoms with van der Waals surface area (Å²) in [6, 6.07) is 0. The van der Waals surface area contributed by atoms with E-state index in [2.05, 4.69) is 19.7 Å². The van der Waals surface area contributed by atoms with Gasteiger partial charge in [0.15, 0.2) is 5.60 Å². The van der Waals surface area contributed by atoms with Crippen LogP contribution in [0.15, 0.2) is 48.3 Å². The largest absolute Gasteiger partial charge is 0.479 e. The van der Waals surface area contributed by atoms with Gasteiger partial charge in [-0.05, 0) is 19.4 Å². The zero-order chi connectivity index (χ0) is 18.5. The number of carbonyl (C=O) groups is 3. The van der Waals surface area contributed by atoms with Gasteiger partial charge < -0.3 is 14.2 Å². The SMILES string of the molecule is C=C(C)C(=O)O[C@H]1C[C@@]2(C)OC(=CC2=O)C(=C)C[C@H]2OC(=O)C(=C)[C@H]12. The predicted octanol–water partition coefficient (Wildman–Crippen LogP) is 2.16. The Hall–Kier alpha value is -2.63. The minimum Gasteiger partial charge on any atom is -0.479 e. The first kappa shape index (κ1) is 17.2. The molecule has 3 aliphatic heterocycles. The maximum absolute atomic E-state index is 12.4. The maximum atomic E-state index is 12.4. The molecule has 0 saturated carbocycles. The summed E-state index contributed by atoms with van der Waals surface area (Å²) in [5, 5.41) is 0. The minimum atomic E-state index is -1.20. The van der Waals surface area contributed by atoms with Crippen molar-refractivity contribution in [2.45, 2.75) is 44.5 Å². The second kappa shape index (κ2) is 5.72. The quantitative estimate of drug-likeness (QED) is 0.564. The summed E-state index contributed by atoms with van der Waals surface area (Å²) < 4.78 is 16.8. The third-order valence-corrected chi connectivity index (χ3v) is 4.84. The molecule has 4 atom stereocenters. The van der Waals surface area contributed by atoms with E-state index in [-0.39, 0.29) is 29.8 Å². The van der Waals surface area contributed by atoms with Crippen molar-refractivity contribution in [1.29, 1.82) is 0 Å². The molecular formula is C19H20O6. The fourth-order valence-corrected chi connectivity index (χ4v) is 3.40. The zero-order valence-corrected chi connectivity index (χ0v) is 14.3. The molecule has 132 valence electrons. The van der Waals surface area contributed by atoms with Crippen LogP contribution in [0.5, 0.6) is 0 Å². The first-order valence-corrected chi connectivity index (χ1v) is 8.02. The lowest BCUT2D eigenvalue weighted by Gasteiger charge is -2.31. The first-order chi connectivity index (χ1) is 11.6. The topological polar surface area (TPSA) is 78.9 Å². The molecule has 0 unspecified atom stereocenters. The van der Waals surface area contributed by atoms with Gasteiger partial charge in [0.05, 0.1) is 5.92 Å². The molecule has 3 rings (SSSR count). The standard InChI is InChI=1S/C19H20O6/c1-9(2)17(21)24-14-8-19(5)15(20)7-12(25-19)10(3)6-13-16(14)11(4)18(22)23-13/h7,13-14,16H,1,3-4,6,8H2,2,5H3/t13-,14+,16+,19-/m1/s1. The summed E-state index contributed by atoms with van der Waals surface area (Å²) in [5.74, 6) is -1.54. The second-order valence-corrected chi connectivity index (χ2v) is 6.94. The van der Waals surface area contributed by atoms with Crippen LogP contribution < -0.4 is 0 Å². The molecular weight excluding hydrogens is 324 g/mol. The van der Waals surface area contributed by atoms with E-state index in [1.54, 1.807) is 6.92 Å². The number of rotatable bonds is 2. The van der Waals surface area contributed by atoms with Crippen molar-refractivity contribution in [3.8, 4) is 0 Å². The summed E-state index contributed by atoms with van der Waals surface area (Å²) in [6.45, 7) is 14.5. The van der Waals surface area contributed by atoms with Crippen molar-refractivity contribution < 1.29 is 28.6 Å². The lowest BCUT2D eigenvalue weighted by molar-refractivity contribution is -0.153. The van der Waals surface area contributed by atoms with E-state index in [0.717, 1.165) is 0 Å². The highest BCUT2D eigenvalue weighted by Gasteiger charge is 2.52. The fourth-order valence-electron chi connectivity index (χ4n) is 3.40. The van der Waals surface area contributed by atoms with Crippen LogP contribution in [-0.4, -0.2) is 35.5 Å². The van der Waals surface area contributed by atoms with Crippen LogP contribution in [0, 0.1) is 5.92 Å². The molecule has 0 radical (unpaired) electrons. The highest BCUT2D eigenvalue weighted by atomic mass is 16.6. The normalized spacial score (nSPS) is 34.2. The number of ether oxygens (including phenoxy) is 3. The van der Waals surface area contributed by atoms with Crippen molar-refractivity contribution in [3.63, 3.8) is 0 Å². The summed E-state index contributed by atoms with van der Waals surface area (Å²) in [7, 11) is 0. The van der Waals surface area contributed by atoms with Gasteiger partial charge in [-0.15, -0.1) is 0 Å². The molecule has 0 aromatic carbocycles. The van der Waals surface area contributed by atoms with E-state index in [1.165, 1.54) is 13.0 Å². The van der Waals surface area contributed by atoms with E-state index in [1.807, 2.05) is 0 Å². The van der Waals surface area contributed by atoms with E-state index in [9.17, 15) is 14.4 Å². The van der Waals surface area contributed by atoms with Gasteiger partial charge in [-0.25, -0.2) is 9.59 Å². The van der Waals surface area contributed by atoms with Gasteiger partial charge in [0.1, 0.15) is 18.0 Å². The number of hydrogen-bond donors (Lipinski definition) is 0. The molecule has 0 N–H and O–H groups in total. The molecule has 2 bridgehead atoms. The Morgan fingerprint density at radius 1 is 1.36 bits per heavy atom. The third kappa shape index (κ3) is 2.81. The number of allylic oxidation sites excluding steroid dienone is 1. The highest BCUT2D eigenvalue weighted by Crippen LogP contribution is 2.44. The fraction of sp³-hybridized carbons (Fsp3) is 0.421. The van der Waals surface area contributed by atoms with Crippen LogP contribution >= 0.6 is 0 Å². The van der Waals surface area contributed by atoms with Crippen LogP contribution in [0.4, 0.5) is 0 Å². The third-order valence-electron chi connectivity index (χ3n) is 4.84. The molecule has 0 aromatic heterocycles. The average Bonchev–Trinajstić information content (AvgIpc) is 2.96. The van der Waals surface area contributed by atoms with Crippen molar-refractivity contribution in [3.05, 3.63) is 48.3 Å². The smallest absolute Gasteiger partial charge is 0.334 e. The Bertz CT molecular complexity index is 758. The van der Waals surface area contributed by atoms with Crippen LogP contribution in [0.1, 0.15) is 26.7 Å². The number of fused-ring (bicyclic) bond motifs is 3. The number of hydrogen-bond acceptors (Lipinski definition) is 6. The molecule has 2 fully saturated rings. The molecule has 0 amide bonds. The second-order valence-electron chi connectivity index (χ2n) is 6.94. The Morgan fingerprint density at radius 2 is 2.04 bits per heavy atom. The van der Waals surface area contributed by atoms with Gasteiger partial charge in [0, 0.05) is 30.1 Å². The molecule has 0 aliphatic carbocycles. The van der Waals surface area contributed by atoms with E-state index in [0.29, 0.717) is 11.3 Å². The lowest BCUT2D eigenvalue weighted by atomic mass is 9.81. The number of ketones is 1. The van der Waals surface area contributed by atoms with Crippen molar-refractivity contribution >= 4 is 17.7 Å². The van der Waals surface area contributed by atoms with Crippen molar-refractivity contribution in [2.24, 2.45) is 5.92 Å². The average molecular weight is 344 g/mol. The molecule has 0 aromatic rings. The summed E-state index contributed by atoms with van der Waals surface area (Å²) >= 11 is 0. The molecule has 25 heavy (non-hydrogen) atoms. The van der Waals surface area contributed by atoms with Crippen molar-refractivity contribution in [1.82, 2.24) is 0 Å². The van der Waals surface area contributed by atoms with Crippen molar-refractivity contribution in [2.75, 3.05) is 0 Å². The minimum absolute atomic E-state index is 0.0783.